The molecule has 0 saturated carbocycles. The molecule has 0 aromatic carbocycles. The minimum Gasteiger partial charge on any atom is -0.481 e. The summed E-state index contributed by atoms with van der Waals surface area (Å²) in [7, 11) is 0. The van der Waals surface area contributed by atoms with Gasteiger partial charge in [-0.05, 0) is 38.0 Å². The summed E-state index contributed by atoms with van der Waals surface area (Å²) in [6.07, 6.45) is 22.6. The summed E-state index contributed by atoms with van der Waals surface area (Å²) in [5.41, 5.74) is 0. The average Bonchev–Trinajstić information content (AvgIpc) is 2.55. The van der Waals surface area contributed by atoms with Gasteiger partial charge in [-0.3, -0.25) is 4.79 Å². The maximum Gasteiger partial charge on any atom is 0.306 e. The maximum absolute atomic E-state index is 10.8. The Hall–Kier alpha value is -0.790. The first-order valence-electron chi connectivity index (χ1n) is 10.5. The van der Waals surface area contributed by atoms with Gasteiger partial charge in [0.15, 0.2) is 0 Å². The smallest absolute Gasteiger partial charge is 0.306 e. The molecule has 24 heavy (non-hydrogen) atoms. The Morgan fingerprint density at radius 2 is 1.33 bits per heavy atom. The lowest BCUT2D eigenvalue weighted by molar-refractivity contribution is -0.141. The van der Waals surface area contributed by atoms with Crippen LogP contribution in [0.5, 0.6) is 0 Å². The standard InChI is InChI=1S/C22H42O2/c1-4-5-6-7-8-9-10-11-12-13-14-15-16-17-18-20(2)19-21(3)22(23)24/h11-12,20-21H,4-10,13-19H2,1-3H3,(H,23,24)/b12-11+. The van der Waals surface area contributed by atoms with Gasteiger partial charge in [-0.25, -0.2) is 0 Å². The van der Waals surface area contributed by atoms with Crippen LogP contribution >= 0.6 is 0 Å². The number of carboxylic acids is 1. The van der Waals surface area contributed by atoms with Crippen LogP contribution in [-0.2, 0) is 4.79 Å². The summed E-state index contributed by atoms with van der Waals surface area (Å²) < 4.78 is 0. The lowest BCUT2D eigenvalue weighted by atomic mass is 9.92. The number of carbonyl (C=O) groups is 1. The van der Waals surface area contributed by atoms with Crippen molar-refractivity contribution in [3.63, 3.8) is 0 Å². The minimum atomic E-state index is -0.658. The number of unbranched alkanes of at least 4 members (excludes halogenated alkanes) is 10. The van der Waals surface area contributed by atoms with Crippen molar-refractivity contribution in [2.75, 3.05) is 0 Å². The molecule has 0 aromatic heterocycles. The molecule has 0 bridgehead atoms. The van der Waals surface area contributed by atoms with Crippen LogP contribution in [0.4, 0.5) is 0 Å². The van der Waals surface area contributed by atoms with Crippen LogP contribution < -0.4 is 0 Å². The second-order valence-electron chi connectivity index (χ2n) is 7.60. The van der Waals surface area contributed by atoms with E-state index < -0.39 is 5.97 Å². The second-order valence-corrected chi connectivity index (χ2v) is 7.60. The molecular weight excluding hydrogens is 296 g/mol. The van der Waals surface area contributed by atoms with Gasteiger partial charge in [0.25, 0.3) is 0 Å². The van der Waals surface area contributed by atoms with Gasteiger partial charge < -0.3 is 5.11 Å². The molecule has 2 unspecified atom stereocenters. The zero-order valence-corrected chi connectivity index (χ0v) is 16.6. The summed E-state index contributed by atoms with van der Waals surface area (Å²) in [6, 6.07) is 0. The number of carboxylic acid groups (broad SMARTS) is 1. The summed E-state index contributed by atoms with van der Waals surface area (Å²) >= 11 is 0. The van der Waals surface area contributed by atoms with Gasteiger partial charge >= 0.3 is 5.97 Å². The predicted molar refractivity (Wildman–Crippen MR) is 105 cm³/mol. The Balaban J connectivity index is 3.29. The van der Waals surface area contributed by atoms with E-state index >= 15 is 0 Å². The molecule has 2 nitrogen and oxygen atoms in total. The number of rotatable bonds is 17. The Morgan fingerprint density at radius 3 is 1.88 bits per heavy atom. The van der Waals surface area contributed by atoms with Crippen LogP contribution in [0.25, 0.3) is 0 Å². The monoisotopic (exact) mass is 338 g/mol. The molecule has 2 heteroatoms. The van der Waals surface area contributed by atoms with Crippen LogP contribution in [-0.4, -0.2) is 11.1 Å². The van der Waals surface area contributed by atoms with Gasteiger partial charge in [0.05, 0.1) is 5.92 Å². The molecule has 0 amide bonds. The first-order valence-corrected chi connectivity index (χ1v) is 10.5. The lowest BCUT2D eigenvalue weighted by Crippen LogP contribution is -2.13. The van der Waals surface area contributed by atoms with Crippen LogP contribution in [0.2, 0.25) is 0 Å². The molecule has 0 saturated heterocycles. The van der Waals surface area contributed by atoms with Crippen molar-refractivity contribution >= 4 is 5.97 Å². The Kier molecular flexibility index (Phi) is 16.5. The van der Waals surface area contributed by atoms with E-state index in [1.807, 2.05) is 6.92 Å². The topological polar surface area (TPSA) is 37.3 Å². The summed E-state index contributed by atoms with van der Waals surface area (Å²) in [4.78, 5) is 10.8. The first kappa shape index (κ1) is 23.2. The normalized spacial score (nSPS) is 14.1. The van der Waals surface area contributed by atoms with Crippen LogP contribution in [0.1, 0.15) is 111 Å². The molecule has 0 rings (SSSR count). The Morgan fingerprint density at radius 1 is 0.833 bits per heavy atom. The number of hydrogen-bond donors (Lipinski definition) is 1. The van der Waals surface area contributed by atoms with Gasteiger partial charge in [0.1, 0.15) is 0 Å². The van der Waals surface area contributed by atoms with Crippen molar-refractivity contribution in [1.82, 2.24) is 0 Å². The van der Waals surface area contributed by atoms with Crippen molar-refractivity contribution in [2.24, 2.45) is 11.8 Å². The van der Waals surface area contributed by atoms with Gasteiger partial charge in [-0.15, -0.1) is 0 Å². The van der Waals surface area contributed by atoms with Crippen LogP contribution in [0, 0.1) is 11.8 Å². The Bertz CT molecular complexity index is 309. The van der Waals surface area contributed by atoms with Crippen LogP contribution in [0.3, 0.4) is 0 Å². The zero-order chi connectivity index (χ0) is 18.0. The fraction of sp³-hybridized carbons (Fsp3) is 0.864. The van der Waals surface area contributed by atoms with E-state index in [9.17, 15) is 4.79 Å². The van der Waals surface area contributed by atoms with Crippen molar-refractivity contribution in [2.45, 2.75) is 111 Å². The Labute approximate surface area is 151 Å². The quantitative estimate of drug-likeness (QED) is 0.222. The summed E-state index contributed by atoms with van der Waals surface area (Å²) in [5.74, 6) is -0.320. The van der Waals surface area contributed by atoms with Crippen molar-refractivity contribution in [3.8, 4) is 0 Å². The first-order chi connectivity index (χ1) is 11.6. The molecule has 0 aromatic rings. The van der Waals surface area contributed by atoms with E-state index in [2.05, 4.69) is 26.0 Å². The van der Waals surface area contributed by atoms with Gasteiger partial charge in [0.2, 0.25) is 0 Å². The fourth-order valence-corrected chi connectivity index (χ4v) is 3.21. The third-order valence-corrected chi connectivity index (χ3v) is 4.89. The lowest BCUT2D eigenvalue weighted by Gasteiger charge is -2.13. The van der Waals surface area contributed by atoms with E-state index in [1.54, 1.807) is 0 Å². The molecule has 0 heterocycles. The maximum atomic E-state index is 10.8. The zero-order valence-electron chi connectivity index (χ0n) is 16.6. The average molecular weight is 339 g/mol. The second kappa shape index (κ2) is 17.0. The van der Waals surface area contributed by atoms with Crippen molar-refractivity contribution < 1.29 is 9.90 Å². The van der Waals surface area contributed by atoms with E-state index in [0.29, 0.717) is 5.92 Å². The third-order valence-electron chi connectivity index (χ3n) is 4.89. The molecular formula is C22H42O2. The summed E-state index contributed by atoms with van der Waals surface area (Å²) in [5, 5.41) is 8.92. The molecule has 0 aliphatic heterocycles. The van der Waals surface area contributed by atoms with Gasteiger partial charge in [-0.2, -0.15) is 0 Å². The molecule has 2 atom stereocenters. The van der Waals surface area contributed by atoms with Gasteiger partial charge in [0, 0.05) is 0 Å². The number of aliphatic carboxylic acids is 1. The highest BCUT2D eigenvalue weighted by molar-refractivity contribution is 5.69. The molecule has 0 aliphatic rings. The minimum absolute atomic E-state index is 0.197. The summed E-state index contributed by atoms with van der Waals surface area (Å²) in [6.45, 7) is 6.27. The molecule has 0 spiro atoms. The highest BCUT2D eigenvalue weighted by atomic mass is 16.4. The van der Waals surface area contributed by atoms with Crippen LogP contribution in [0.15, 0.2) is 12.2 Å². The number of hydrogen-bond acceptors (Lipinski definition) is 1. The molecule has 0 fully saturated rings. The van der Waals surface area contributed by atoms with Crippen molar-refractivity contribution in [3.05, 3.63) is 12.2 Å². The number of allylic oxidation sites excluding steroid dienone is 2. The molecule has 0 aliphatic carbocycles. The third kappa shape index (κ3) is 16.1. The molecule has 1 N–H and O–H groups in total. The SMILES string of the molecule is CCCCCCCC/C=C/CCCCCCC(C)CC(C)C(=O)O. The van der Waals surface area contributed by atoms with Crippen molar-refractivity contribution in [1.29, 1.82) is 0 Å². The van der Waals surface area contributed by atoms with Gasteiger partial charge in [-0.1, -0.05) is 90.7 Å². The van der Waals surface area contributed by atoms with E-state index in [0.717, 1.165) is 6.42 Å². The highest BCUT2D eigenvalue weighted by Crippen LogP contribution is 2.19. The largest absolute Gasteiger partial charge is 0.481 e. The fourth-order valence-electron chi connectivity index (χ4n) is 3.21. The van der Waals surface area contributed by atoms with E-state index in [4.69, 9.17) is 5.11 Å². The highest BCUT2D eigenvalue weighted by Gasteiger charge is 2.14. The molecule has 0 radical (unpaired) electrons. The van der Waals surface area contributed by atoms with E-state index in [1.165, 1.54) is 83.5 Å². The molecule has 142 valence electrons. The predicted octanol–water partition coefficient (Wildman–Crippen LogP) is 7.38. The van der Waals surface area contributed by atoms with E-state index in [-0.39, 0.29) is 5.92 Å².